The van der Waals surface area contributed by atoms with Crippen LogP contribution in [0.3, 0.4) is 0 Å². The first-order chi connectivity index (χ1) is 12.1. The molecule has 2 fully saturated rings. The van der Waals surface area contributed by atoms with Crippen LogP contribution in [0.5, 0.6) is 0 Å². The molecule has 0 spiro atoms. The molecule has 0 N–H and O–H groups in total. The maximum absolute atomic E-state index is 11.5. The lowest BCUT2D eigenvalue weighted by Gasteiger charge is -2.26. The molecule has 0 radical (unpaired) electrons. The van der Waals surface area contributed by atoms with Gasteiger partial charge in [0, 0.05) is 37.7 Å². The molecule has 1 aromatic carbocycles. The van der Waals surface area contributed by atoms with Gasteiger partial charge in [-0.25, -0.2) is 8.42 Å². The number of rotatable bonds is 4. The minimum atomic E-state index is -2.83. The van der Waals surface area contributed by atoms with Crippen LogP contribution in [0.1, 0.15) is 23.7 Å². The highest BCUT2D eigenvalue weighted by atomic mass is 32.2. The number of aromatic nitrogens is 2. The van der Waals surface area contributed by atoms with E-state index in [0.29, 0.717) is 31.4 Å². The summed E-state index contributed by atoms with van der Waals surface area (Å²) in [4.78, 5) is 6.66. The maximum atomic E-state index is 11.5. The van der Waals surface area contributed by atoms with Gasteiger partial charge in [-0.15, -0.1) is 0 Å². The van der Waals surface area contributed by atoms with E-state index in [1.807, 2.05) is 24.3 Å². The molecule has 1 unspecified atom stereocenters. The average Bonchev–Trinajstić information content (AvgIpc) is 3.28. The third-order valence-electron chi connectivity index (χ3n) is 4.78. The first-order valence-electron chi connectivity index (χ1n) is 8.52. The lowest BCUT2D eigenvalue weighted by Crippen LogP contribution is -2.39. The SMILES string of the molecule is O=S1(=O)CCN(Cc2ccc(-c3nc(C4CCOC4)no3)cc2)CC1. The van der Waals surface area contributed by atoms with Gasteiger partial charge in [0.1, 0.15) is 0 Å². The fraction of sp³-hybridized carbons (Fsp3) is 0.529. The Bertz CT molecular complexity index is 812. The van der Waals surface area contributed by atoms with Crippen LogP contribution in [0, 0.1) is 0 Å². The van der Waals surface area contributed by atoms with Crippen molar-refractivity contribution in [1.82, 2.24) is 15.0 Å². The van der Waals surface area contributed by atoms with Gasteiger partial charge < -0.3 is 9.26 Å². The summed E-state index contributed by atoms with van der Waals surface area (Å²) in [5, 5.41) is 4.07. The van der Waals surface area contributed by atoms with E-state index >= 15 is 0 Å². The molecular weight excluding hydrogens is 342 g/mol. The minimum Gasteiger partial charge on any atom is -0.381 e. The van der Waals surface area contributed by atoms with E-state index in [1.54, 1.807) is 0 Å². The predicted molar refractivity (Wildman–Crippen MR) is 91.8 cm³/mol. The zero-order chi connectivity index (χ0) is 17.3. The summed E-state index contributed by atoms with van der Waals surface area (Å²) >= 11 is 0. The van der Waals surface area contributed by atoms with Gasteiger partial charge in [0.15, 0.2) is 15.7 Å². The smallest absolute Gasteiger partial charge is 0.257 e. The first-order valence-corrected chi connectivity index (χ1v) is 10.3. The number of nitrogens with zero attached hydrogens (tertiary/aromatic N) is 3. The topological polar surface area (TPSA) is 85.5 Å². The zero-order valence-corrected chi connectivity index (χ0v) is 14.7. The van der Waals surface area contributed by atoms with Crippen molar-refractivity contribution in [2.24, 2.45) is 0 Å². The van der Waals surface area contributed by atoms with Crippen molar-refractivity contribution in [2.75, 3.05) is 37.8 Å². The normalized spacial score (nSPS) is 23.8. The molecule has 1 atom stereocenters. The van der Waals surface area contributed by atoms with Crippen molar-refractivity contribution in [2.45, 2.75) is 18.9 Å². The van der Waals surface area contributed by atoms with Crippen molar-refractivity contribution in [1.29, 1.82) is 0 Å². The molecule has 7 nitrogen and oxygen atoms in total. The molecule has 3 heterocycles. The second-order valence-electron chi connectivity index (χ2n) is 6.64. The average molecular weight is 363 g/mol. The Morgan fingerprint density at radius 2 is 1.92 bits per heavy atom. The molecule has 134 valence electrons. The van der Waals surface area contributed by atoms with Crippen molar-refractivity contribution in [3.05, 3.63) is 35.7 Å². The van der Waals surface area contributed by atoms with Crippen LogP contribution in [0.25, 0.3) is 11.5 Å². The Labute approximate surface area is 146 Å². The molecular formula is C17H21N3O4S. The first kappa shape index (κ1) is 16.7. The fourth-order valence-electron chi connectivity index (χ4n) is 3.18. The molecule has 1 aromatic heterocycles. The molecule has 25 heavy (non-hydrogen) atoms. The van der Waals surface area contributed by atoms with E-state index in [9.17, 15) is 8.42 Å². The van der Waals surface area contributed by atoms with Gasteiger partial charge in [-0.05, 0) is 24.1 Å². The quantitative estimate of drug-likeness (QED) is 0.813. The third-order valence-corrected chi connectivity index (χ3v) is 6.39. The minimum absolute atomic E-state index is 0.229. The number of ether oxygens (including phenoxy) is 1. The van der Waals surface area contributed by atoms with Crippen LogP contribution in [0.15, 0.2) is 28.8 Å². The van der Waals surface area contributed by atoms with Gasteiger partial charge >= 0.3 is 0 Å². The molecule has 0 amide bonds. The Morgan fingerprint density at radius 1 is 1.16 bits per heavy atom. The number of hydrogen-bond donors (Lipinski definition) is 0. The van der Waals surface area contributed by atoms with Crippen molar-refractivity contribution >= 4 is 9.84 Å². The highest BCUT2D eigenvalue weighted by Gasteiger charge is 2.24. The number of hydrogen-bond acceptors (Lipinski definition) is 7. The summed E-state index contributed by atoms with van der Waals surface area (Å²) in [5.74, 6) is 1.97. The molecule has 2 saturated heterocycles. The second-order valence-corrected chi connectivity index (χ2v) is 8.95. The second kappa shape index (κ2) is 6.86. The van der Waals surface area contributed by atoms with Crippen LogP contribution in [-0.4, -0.2) is 61.3 Å². The van der Waals surface area contributed by atoms with Crippen LogP contribution in [0.2, 0.25) is 0 Å². The zero-order valence-electron chi connectivity index (χ0n) is 13.9. The van der Waals surface area contributed by atoms with Crippen LogP contribution in [0.4, 0.5) is 0 Å². The van der Waals surface area contributed by atoms with E-state index in [-0.39, 0.29) is 17.4 Å². The van der Waals surface area contributed by atoms with Crippen molar-refractivity contribution in [3.8, 4) is 11.5 Å². The maximum Gasteiger partial charge on any atom is 0.257 e. The van der Waals surface area contributed by atoms with E-state index < -0.39 is 9.84 Å². The molecule has 0 aliphatic carbocycles. The van der Waals surface area contributed by atoms with Crippen molar-refractivity contribution in [3.63, 3.8) is 0 Å². The standard InChI is InChI=1S/C17H21N3O4S/c21-25(22)9-6-20(7-10-25)11-13-1-3-14(4-2-13)17-18-16(19-24-17)15-5-8-23-12-15/h1-4,15H,5-12H2. The Morgan fingerprint density at radius 3 is 2.60 bits per heavy atom. The van der Waals surface area contributed by atoms with Crippen LogP contribution < -0.4 is 0 Å². The predicted octanol–water partition coefficient (Wildman–Crippen LogP) is 1.47. The summed E-state index contributed by atoms with van der Waals surface area (Å²) in [7, 11) is -2.83. The summed E-state index contributed by atoms with van der Waals surface area (Å²) in [6, 6.07) is 8.00. The Balaban J connectivity index is 1.40. The van der Waals surface area contributed by atoms with Gasteiger partial charge in [0.2, 0.25) is 0 Å². The monoisotopic (exact) mass is 363 g/mol. The van der Waals surface area contributed by atoms with E-state index in [0.717, 1.165) is 30.7 Å². The number of sulfone groups is 1. The van der Waals surface area contributed by atoms with Crippen LogP contribution >= 0.6 is 0 Å². The summed E-state index contributed by atoms with van der Waals surface area (Å²) in [5.41, 5.74) is 2.04. The highest BCUT2D eigenvalue weighted by Crippen LogP contribution is 2.26. The number of benzene rings is 1. The molecule has 4 rings (SSSR count). The molecule has 8 heteroatoms. The third kappa shape index (κ3) is 3.91. The van der Waals surface area contributed by atoms with Gasteiger partial charge in [-0.3, -0.25) is 4.90 Å². The van der Waals surface area contributed by atoms with Gasteiger partial charge in [0.05, 0.1) is 18.1 Å². The molecule has 2 aliphatic heterocycles. The Kier molecular flexibility index (Phi) is 4.58. The lowest BCUT2D eigenvalue weighted by atomic mass is 10.1. The summed E-state index contributed by atoms with van der Waals surface area (Å²) in [6.45, 7) is 3.36. The molecule has 2 aromatic rings. The van der Waals surface area contributed by atoms with E-state index in [2.05, 4.69) is 15.0 Å². The summed E-state index contributed by atoms with van der Waals surface area (Å²) < 4.78 is 33.7. The highest BCUT2D eigenvalue weighted by molar-refractivity contribution is 7.91. The van der Waals surface area contributed by atoms with Crippen LogP contribution in [-0.2, 0) is 21.1 Å². The summed E-state index contributed by atoms with van der Waals surface area (Å²) in [6.07, 6.45) is 0.934. The molecule has 0 bridgehead atoms. The molecule has 0 saturated carbocycles. The van der Waals surface area contributed by atoms with E-state index in [1.165, 1.54) is 0 Å². The van der Waals surface area contributed by atoms with Gasteiger partial charge in [-0.1, -0.05) is 17.3 Å². The lowest BCUT2D eigenvalue weighted by molar-refractivity contribution is 0.192. The fourth-order valence-corrected chi connectivity index (χ4v) is 4.45. The Hall–Kier alpha value is -1.77. The largest absolute Gasteiger partial charge is 0.381 e. The van der Waals surface area contributed by atoms with Gasteiger partial charge in [-0.2, -0.15) is 4.98 Å². The molecule has 2 aliphatic rings. The van der Waals surface area contributed by atoms with Crippen molar-refractivity contribution < 1.29 is 17.7 Å². The van der Waals surface area contributed by atoms with Gasteiger partial charge in [0.25, 0.3) is 5.89 Å². The van der Waals surface area contributed by atoms with E-state index in [4.69, 9.17) is 9.26 Å².